The number of likely N-dealkylation sites (tertiary alicyclic amines) is 1. The van der Waals surface area contributed by atoms with Gasteiger partial charge in [-0.05, 0) is 45.3 Å². The van der Waals surface area contributed by atoms with E-state index in [0.717, 1.165) is 51.7 Å². The van der Waals surface area contributed by atoms with Crippen molar-refractivity contribution in [2.24, 2.45) is 5.73 Å². The van der Waals surface area contributed by atoms with Gasteiger partial charge in [0.15, 0.2) is 0 Å². The molecule has 106 valence electrons. The topological polar surface area (TPSA) is 58.4 Å². The molecule has 18 heavy (non-hydrogen) atoms. The largest absolute Gasteiger partial charge is 0.352 e. The number of likely N-dealkylation sites (N-methyl/N-ethyl adjacent to an activating group) is 1. The van der Waals surface area contributed by atoms with Crippen LogP contribution < -0.4 is 11.1 Å². The Bertz CT molecular complexity index is 233. The van der Waals surface area contributed by atoms with Crippen molar-refractivity contribution in [2.45, 2.75) is 57.9 Å². The molecule has 0 aromatic heterocycles. The molecule has 3 N–H and O–H groups in total. The number of hydrogen-bond donors (Lipinski definition) is 2. The first-order valence-electron chi connectivity index (χ1n) is 7.48. The van der Waals surface area contributed by atoms with Crippen LogP contribution in [-0.2, 0) is 4.79 Å². The SMILES string of the molecule is CCN1CCCC(NC(=O)CCCCCCN)C1. The Hall–Kier alpha value is -0.610. The molecule has 1 rings (SSSR count). The van der Waals surface area contributed by atoms with Crippen molar-refractivity contribution in [3.63, 3.8) is 0 Å². The molecular formula is C14H29N3O. The van der Waals surface area contributed by atoms with E-state index in [1.807, 2.05) is 0 Å². The van der Waals surface area contributed by atoms with E-state index in [2.05, 4.69) is 17.1 Å². The van der Waals surface area contributed by atoms with E-state index in [1.165, 1.54) is 13.0 Å². The molecule has 1 atom stereocenters. The molecule has 0 bridgehead atoms. The number of hydrogen-bond acceptors (Lipinski definition) is 3. The van der Waals surface area contributed by atoms with E-state index in [1.54, 1.807) is 0 Å². The van der Waals surface area contributed by atoms with Crippen LogP contribution >= 0.6 is 0 Å². The van der Waals surface area contributed by atoms with E-state index < -0.39 is 0 Å². The second-order valence-electron chi connectivity index (χ2n) is 5.25. The molecule has 1 amide bonds. The van der Waals surface area contributed by atoms with Gasteiger partial charge in [0.1, 0.15) is 0 Å². The fourth-order valence-corrected chi connectivity index (χ4v) is 2.54. The predicted molar refractivity (Wildman–Crippen MR) is 75.4 cm³/mol. The number of unbranched alkanes of at least 4 members (excludes halogenated alkanes) is 3. The Kier molecular flexibility index (Phi) is 8.01. The van der Waals surface area contributed by atoms with Crippen LogP contribution in [0.15, 0.2) is 0 Å². The van der Waals surface area contributed by atoms with Crippen LogP contribution in [0.5, 0.6) is 0 Å². The van der Waals surface area contributed by atoms with E-state index in [-0.39, 0.29) is 5.91 Å². The number of nitrogens with zero attached hydrogens (tertiary/aromatic N) is 1. The molecule has 1 aliphatic rings. The number of nitrogens with two attached hydrogens (primary N) is 1. The highest BCUT2D eigenvalue weighted by atomic mass is 16.1. The summed E-state index contributed by atoms with van der Waals surface area (Å²) in [7, 11) is 0. The van der Waals surface area contributed by atoms with Crippen LogP contribution in [0.25, 0.3) is 0 Å². The zero-order valence-electron chi connectivity index (χ0n) is 11.8. The molecule has 0 aromatic rings. The standard InChI is InChI=1S/C14H29N3O/c1-2-17-11-7-8-13(12-17)16-14(18)9-5-3-4-6-10-15/h13H,2-12,15H2,1H3,(H,16,18). The van der Waals surface area contributed by atoms with Crippen LogP contribution in [0, 0.1) is 0 Å². The van der Waals surface area contributed by atoms with E-state index in [0.29, 0.717) is 12.5 Å². The number of nitrogens with one attached hydrogen (secondary N) is 1. The van der Waals surface area contributed by atoms with Crippen molar-refractivity contribution in [1.82, 2.24) is 10.2 Å². The molecule has 4 heteroatoms. The summed E-state index contributed by atoms with van der Waals surface area (Å²) in [5.74, 6) is 0.228. The van der Waals surface area contributed by atoms with Crippen LogP contribution in [0.2, 0.25) is 0 Å². The summed E-state index contributed by atoms with van der Waals surface area (Å²) < 4.78 is 0. The summed E-state index contributed by atoms with van der Waals surface area (Å²) in [5, 5.41) is 3.17. The maximum Gasteiger partial charge on any atom is 0.220 e. The summed E-state index contributed by atoms with van der Waals surface area (Å²) in [6, 6.07) is 0.371. The number of carbonyl (C=O) groups is 1. The first-order valence-corrected chi connectivity index (χ1v) is 7.48. The maximum absolute atomic E-state index is 11.8. The molecule has 1 aliphatic heterocycles. The second-order valence-corrected chi connectivity index (χ2v) is 5.25. The Morgan fingerprint density at radius 2 is 2.11 bits per heavy atom. The molecule has 0 spiro atoms. The fourth-order valence-electron chi connectivity index (χ4n) is 2.54. The molecule has 1 heterocycles. The Balaban J connectivity index is 2.08. The van der Waals surface area contributed by atoms with E-state index in [9.17, 15) is 4.79 Å². The van der Waals surface area contributed by atoms with Crippen LogP contribution in [0.3, 0.4) is 0 Å². The van der Waals surface area contributed by atoms with Gasteiger partial charge in [0, 0.05) is 19.0 Å². The zero-order valence-corrected chi connectivity index (χ0v) is 11.8. The van der Waals surface area contributed by atoms with Crippen molar-refractivity contribution in [3.8, 4) is 0 Å². The lowest BCUT2D eigenvalue weighted by molar-refractivity contribution is -0.122. The Morgan fingerprint density at radius 3 is 2.83 bits per heavy atom. The first kappa shape index (κ1) is 15.4. The summed E-state index contributed by atoms with van der Waals surface area (Å²) in [5.41, 5.74) is 5.44. The lowest BCUT2D eigenvalue weighted by Gasteiger charge is -2.32. The molecule has 1 unspecified atom stereocenters. The normalized spacial score (nSPS) is 20.9. The predicted octanol–water partition coefficient (Wildman–Crippen LogP) is 1.50. The third kappa shape index (κ3) is 6.36. The first-order chi connectivity index (χ1) is 8.76. The fraction of sp³-hybridized carbons (Fsp3) is 0.929. The highest BCUT2D eigenvalue weighted by Gasteiger charge is 2.19. The quantitative estimate of drug-likeness (QED) is 0.646. The maximum atomic E-state index is 11.8. The monoisotopic (exact) mass is 255 g/mol. The number of piperidine rings is 1. The zero-order chi connectivity index (χ0) is 13.2. The van der Waals surface area contributed by atoms with Crippen LogP contribution in [0.4, 0.5) is 0 Å². The summed E-state index contributed by atoms with van der Waals surface area (Å²) >= 11 is 0. The third-order valence-electron chi connectivity index (χ3n) is 3.68. The van der Waals surface area contributed by atoms with Gasteiger partial charge in [-0.3, -0.25) is 4.79 Å². The van der Waals surface area contributed by atoms with Gasteiger partial charge < -0.3 is 16.0 Å². The van der Waals surface area contributed by atoms with Gasteiger partial charge in [-0.15, -0.1) is 0 Å². The number of amides is 1. The molecule has 1 fully saturated rings. The molecule has 1 saturated heterocycles. The van der Waals surface area contributed by atoms with Crippen molar-refractivity contribution in [3.05, 3.63) is 0 Å². The highest BCUT2D eigenvalue weighted by Crippen LogP contribution is 2.10. The van der Waals surface area contributed by atoms with Crippen molar-refractivity contribution < 1.29 is 4.79 Å². The highest BCUT2D eigenvalue weighted by molar-refractivity contribution is 5.76. The van der Waals surface area contributed by atoms with E-state index in [4.69, 9.17) is 5.73 Å². The molecule has 4 nitrogen and oxygen atoms in total. The van der Waals surface area contributed by atoms with Gasteiger partial charge in [0.05, 0.1) is 0 Å². The average molecular weight is 255 g/mol. The lowest BCUT2D eigenvalue weighted by Crippen LogP contribution is -2.47. The third-order valence-corrected chi connectivity index (χ3v) is 3.68. The minimum atomic E-state index is 0.228. The van der Waals surface area contributed by atoms with E-state index >= 15 is 0 Å². The Labute approximate surface area is 111 Å². The van der Waals surface area contributed by atoms with Crippen LogP contribution in [0.1, 0.15) is 51.9 Å². The Morgan fingerprint density at radius 1 is 1.33 bits per heavy atom. The summed E-state index contributed by atoms with van der Waals surface area (Å²) in [6.07, 6.45) is 7.36. The van der Waals surface area contributed by atoms with Gasteiger partial charge in [-0.2, -0.15) is 0 Å². The van der Waals surface area contributed by atoms with Gasteiger partial charge in [0.25, 0.3) is 0 Å². The van der Waals surface area contributed by atoms with Crippen molar-refractivity contribution >= 4 is 5.91 Å². The smallest absolute Gasteiger partial charge is 0.220 e. The number of rotatable bonds is 8. The molecular weight excluding hydrogens is 226 g/mol. The molecule has 0 saturated carbocycles. The summed E-state index contributed by atoms with van der Waals surface area (Å²) in [4.78, 5) is 14.2. The van der Waals surface area contributed by atoms with Gasteiger partial charge in [0.2, 0.25) is 5.91 Å². The lowest BCUT2D eigenvalue weighted by atomic mass is 10.1. The summed E-state index contributed by atoms with van der Waals surface area (Å²) in [6.45, 7) is 6.24. The molecule has 0 aromatic carbocycles. The average Bonchev–Trinajstić information content (AvgIpc) is 2.38. The second kappa shape index (κ2) is 9.34. The molecule has 0 aliphatic carbocycles. The minimum Gasteiger partial charge on any atom is -0.352 e. The van der Waals surface area contributed by atoms with Gasteiger partial charge >= 0.3 is 0 Å². The van der Waals surface area contributed by atoms with Gasteiger partial charge in [-0.1, -0.05) is 19.8 Å². The van der Waals surface area contributed by atoms with Crippen LogP contribution in [-0.4, -0.2) is 43.0 Å². The number of carbonyl (C=O) groups excluding carboxylic acids is 1. The molecule has 0 radical (unpaired) electrons. The minimum absolute atomic E-state index is 0.228. The van der Waals surface area contributed by atoms with Crippen molar-refractivity contribution in [2.75, 3.05) is 26.2 Å². The van der Waals surface area contributed by atoms with Gasteiger partial charge in [-0.25, -0.2) is 0 Å². The van der Waals surface area contributed by atoms with Crippen molar-refractivity contribution in [1.29, 1.82) is 0 Å².